The molecule has 0 atom stereocenters. The molecule has 0 saturated heterocycles. The predicted octanol–water partition coefficient (Wildman–Crippen LogP) is 6.31. The van der Waals surface area contributed by atoms with Crippen molar-refractivity contribution in [2.24, 2.45) is 4.99 Å². The van der Waals surface area contributed by atoms with E-state index in [0.717, 1.165) is 6.07 Å². The van der Waals surface area contributed by atoms with Crippen molar-refractivity contribution < 1.29 is 22.7 Å². The zero-order valence-electron chi connectivity index (χ0n) is 19.0. The highest BCUT2D eigenvalue weighted by atomic mass is 19.4. The number of fused-ring (bicyclic) bond motifs is 1. The number of H-pyrrole nitrogens is 1. The van der Waals surface area contributed by atoms with E-state index in [-0.39, 0.29) is 34.9 Å². The largest absolute Gasteiger partial charge is 0.494 e. The van der Waals surface area contributed by atoms with Crippen LogP contribution < -0.4 is 5.32 Å². The number of aliphatic imine (C=N–C) groups is 1. The van der Waals surface area contributed by atoms with Gasteiger partial charge in [-0.25, -0.2) is 4.39 Å². The Labute approximate surface area is 190 Å². The average Bonchev–Trinajstić information content (AvgIpc) is 3.02. The van der Waals surface area contributed by atoms with Crippen LogP contribution >= 0.6 is 0 Å². The fraction of sp³-hybridized carbons (Fsp3) is 0.375. The fourth-order valence-corrected chi connectivity index (χ4v) is 3.88. The smallest absolute Gasteiger partial charge is 0.418 e. The number of aromatic nitrogens is 1. The lowest BCUT2D eigenvalue weighted by molar-refractivity contribution is -0.136. The first-order valence-corrected chi connectivity index (χ1v) is 10.7. The third-order valence-electron chi connectivity index (χ3n) is 5.44. The minimum Gasteiger partial charge on any atom is -0.494 e. The van der Waals surface area contributed by atoms with E-state index in [0.29, 0.717) is 24.0 Å². The number of benzene rings is 2. The first-order chi connectivity index (χ1) is 15.5. The van der Waals surface area contributed by atoms with E-state index in [2.05, 4.69) is 47.9 Å². The predicted molar refractivity (Wildman–Crippen MR) is 124 cm³/mol. The summed E-state index contributed by atoms with van der Waals surface area (Å²) in [6.07, 6.45) is -3.30. The van der Waals surface area contributed by atoms with Crippen LogP contribution in [-0.2, 0) is 6.18 Å². The lowest BCUT2D eigenvalue weighted by Crippen LogP contribution is -2.40. The Morgan fingerprint density at radius 3 is 2.42 bits per heavy atom. The maximum atomic E-state index is 13.7. The van der Waals surface area contributed by atoms with E-state index in [1.165, 1.54) is 36.5 Å². The van der Waals surface area contributed by atoms with Crippen molar-refractivity contribution in [3.8, 4) is 5.88 Å². The van der Waals surface area contributed by atoms with Gasteiger partial charge in [0.15, 0.2) is 5.88 Å². The Bertz CT molecular complexity index is 1130. The molecule has 0 amide bonds. The third kappa shape index (κ3) is 5.84. The number of halogens is 4. The Morgan fingerprint density at radius 2 is 1.79 bits per heavy atom. The van der Waals surface area contributed by atoms with Gasteiger partial charge in [0.2, 0.25) is 0 Å². The summed E-state index contributed by atoms with van der Waals surface area (Å²) >= 11 is 0. The second-order valence-electron chi connectivity index (χ2n) is 8.42. The Balaban J connectivity index is 1.83. The van der Waals surface area contributed by atoms with E-state index >= 15 is 0 Å². The molecule has 0 fully saturated rings. The molecule has 3 rings (SSSR count). The van der Waals surface area contributed by atoms with Crippen LogP contribution in [-0.4, -0.2) is 46.4 Å². The van der Waals surface area contributed by atoms with Crippen LogP contribution in [0.1, 0.15) is 38.8 Å². The summed E-state index contributed by atoms with van der Waals surface area (Å²) in [5, 5.41) is 13.5. The summed E-state index contributed by atoms with van der Waals surface area (Å²) in [5.74, 6) is -0.719. The molecule has 0 unspecified atom stereocenters. The molecule has 0 aliphatic heterocycles. The Kier molecular flexibility index (Phi) is 7.31. The van der Waals surface area contributed by atoms with Crippen LogP contribution in [0.25, 0.3) is 10.9 Å². The average molecular weight is 465 g/mol. The number of nitrogens with zero attached hydrogens (tertiary/aromatic N) is 2. The minimum atomic E-state index is -4.57. The Morgan fingerprint density at radius 1 is 1.09 bits per heavy atom. The zero-order chi connectivity index (χ0) is 24.3. The van der Waals surface area contributed by atoms with Crippen molar-refractivity contribution in [1.82, 2.24) is 9.88 Å². The summed E-state index contributed by atoms with van der Waals surface area (Å²) < 4.78 is 54.5. The van der Waals surface area contributed by atoms with Gasteiger partial charge in [0.25, 0.3) is 0 Å². The summed E-state index contributed by atoms with van der Waals surface area (Å²) in [6.45, 7) is 9.17. The summed E-state index contributed by atoms with van der Waals surface area (Å²) in [5.41, 5.74) is -0.124. The van der Waals surface area contributed by atoms with Crippen molar-refractivity contribution in [1.29, 1.82) is 0 Å². The molecule has 0 saturated carbocycles. The number of hydrogen-bond donors (Lipinski definition) is 3. The molecule has 3 N–H and O–H groups in total. The van der Waals surface area contributed by atoms with Gasteiger partial charge in [-0.15, -0.1) is 0 Å². The van der Waals surface area contributed by atoms with E-state index in [1.54, 1.807) is 0 Å². The van der Waals surface area contributed by atoms with Crippen LogP contribution in [0.5, 0.6) is 5.88 Å². The van der Waals surface area contributed by atoms with Gasteiger partial charge in [-0.2, -0.15) is 13.2 Å². The van der Waals surface area contributed by atoms with Crippen molar-refractivity contribution >= 4 is 28.5 Å². The first-order valence-electron chi connectivity index (χ1n) is 10.7. The Hall–Kier alpha value is -3.07. The summed E-state index contributed by atoms with van der Waals surface area (Å²) in [4.78, 5) is 8.94. The lowest BCUT2D eigenvalue weighted by atomic mass is 10.1. The van der Waals surface area contributed by atoms with Gasteiger partial charge in [-0.1, -0.05) is 0 Å². The highest BCUT2D eigenvalue weighted by molar-refractivity contribution is 6.02. The van der Waals surface area contributed by atoms with Crippen LogP contribution in [0.3, 0.4) is 0 Å². The van der Waals surface area contributed by atoms with E-state index in [9.17, 15) is 22.7 Å². The zero-order valence-corrected chi connectivity index (χ0v) is 19.0. The quantitative estimate of drug-likeness (QED) is 0.270. The molecule has 5 nitrogen and oxygen atoms in total. The van der Waals surface area contributed by atoms with Crippen molar-refractivity contribution in [2.45, 2.75) is 46.0 Å². The molecule has 0 bridgehead atoms. The molecular formula is C24H28F4N4O. The molecule has 1 aromatic heterocycles. The van der Waals surface area contributed by atoms with Gasteiger partial charge < -0.3 is 15.4 Å². The first kappa shape index (κ1) is 24.6. The topological polar surface area (TPSA) is 63.6 Å². The molecule has 2 aromatic carbocycles. The number of nitrogens with one attached hydrogen (secondary N) is 2. The SMILES string of the molecule is CC(C)N(CCNc1ccc(N=Cc2c(O)[nH]c3cc(F)ccc23)cc1C(F)(F)F)C(C)C. The summed E-state index contributed by atoms with van der Waals surface area (Å²) in [6, 6.07) is 8.27. The van der Waals surface area contributed by atoms with Gasteiger partial charge in [0.05, 0.1) is 22.3 Å². The molecule has 0 aliphatic rings. The lowest BCUT2D eigenvalue weighted by Gasteiger charge is -2.30. The number of aromatic amines is 1. The normalized spacial score (nSPS) is 12.7. The highest BCUT2D eigenvalue weighted by Gasteiger charge is 2.34. The molecule has 33 heavy (non-hydrogen) atoms. The molecule has 178 valence electrons. The van der Waals surface area contributed by atoms with Crippen molar-refractivity contribution in [2.75, 3.05) is 18.4 Å². The molecule has 1 heterocycles. The van der Waals surface area contributed by atoms with E-state index < -0.39 is 17.6 Å². The molecule has 0 spiro atoms. The monoisotopic (exact) mass is 464 g/mol. The van der Waals surface area contributed by atoms with Crippen LogP contribution in [0.2, 0.25) is 0 Å². The van der Waals surface area contributed by atoms with Crippen LogP contribution in [0.4, 0.5) is 28.9 Å². The number of hydrogen-bond acceptors (Lipinski definition) is 4. The fourth-order valence-electron chi connectivity index (χ4n) is 3.88. The number of aromatic hydroxyl groups is 1. The maximum absolute atomic E-state index is 13.7. The molecular weight excluding hydrogens is 436 g/mol. The number of alkyl halides is 3. The highest BCUT2D eigenvalue weighted by Crippen LogP contribution is 2.37. The van der Waals surface area contributed by atoms with Gasteiger partial charge in [0.1, 0.15) is 5.82 Å². The van der Waals surface area contributed by atoms with Crippen molar-refractivity contribution in [3.63, 3.8) is 0 Å². The third-order valence-corrected chi connectivity index (χ3v) is 5.44. The molecule has 9 heteroatoms. The molecule has 3 aromatic rings. The van der Waals surface area contributed by atoms with Crippen LogP contribution in [0, 0.1) is 5.82 Å². The molecule has 0 aliphatic carbocycles. The second-order valence-corrected chi connectivity index (χ2v) is 8.42. The van der Waals surface area contributed by atoms with E-state index in [4.69, 9.17) is 0 Å². The maximum Gasteiger partial charge on any atom is 0.418 e. The minimum absolute atomic E-state index is 0.0145. The van der Waals surface area contributed by atoms with Gasteiger partial charge >= 0.3 is 6.18 Å². The number of rotatable bonds is 8. The van der Waals surface area contributed by atoms with Gasteiger partial charge in [-0.3, -0.25) is 9.89 Å². The standard InChI is InChI=1S/C24H28F4N4O/c1-14(2)32(15(3)4)10-9-29-21-8-6-17(12-20(21)24(26,27)28)30-13-19-18-7-5-16(25)11-22(18)31-23(19)33/h5-8,11-15,29,31,33H,9-10H2,1-4H3. The van der Waals surface area contributed by atoms with E-state index in [1.807, 2.05) is 0 Å². The summed E-state index contributed by atoms with van der Waals surface area (Å²) in [7, 11) is 0. The van der Waals surface area contributed by atoms with Crippen molar-refractivity contribution in [3.05, 3.63) is 53.3 Å². The van der Waals surface area contributed by atoms with Gasteiger partial charge in [0, 0.05) is 42.5 Å². The molecule has 0 radical (unpaired) electrons. The van der Waals surface area contributed by atoms with Crippen LogP contribution in [0.15, 0.2) is 41.4 Å². The second kappa shape index (κ2) is 9.82. The van der Waals surface area contributed by atoms with Gasteiger partial charge in [-0.05, 0) is 64.1 Å². The number of anilines is 1.